The molecule has 3 nitrogen and oxygen atoms in total. The summed E-state index contributed by atoms with van der Waals surface area (Å²) in [7, 11) is 0. The predicted octanol–water partition coefficient (Wildman–Crippen LogP) is 3.30. The van der Waals surface area contributed by atoms with Gasteiger partial charge in [0, 0.05) is 16.2 Å². The number of benzene rings is 1. The first kappa shape index (κ1) is 12.6. The third-order valence-electron chi connectivity index (χ3n) is 3.35. The summed E-state index contributed by atoms with van der Waals surface area (Å²) in [6.45, 7) is 4.08. The lowest BCUT2D eigenvalue weighted by Gasteiger charge is -2.15. The maximum absolute atomic E-state index is 11.9. The Morgan fingerprint density at radius 1 is 1.47 bits per heavy atom. The zero-order valence-electron chi connectivity index (χ0n) is 10.1. The van der Waals surface area contributed by atoms with Gasteiger partial charge in [0.05, 0.1) is 5.92 Å². The highest BCUT2D eigenvalue weighted by molar-refractivity contribution is 9.10. The van der Waals surface area contributed by atoms with E-state index in [0.717, 1.165) is 34.1 Å². The third kappa shape index (κ3) is 2.11. The molecular formula is C13H17BrN2O. The van der Waals surface area contributed by atoms with Gasteiger partial charge in [-0.15, -0.1) is 0 Å². The van der Waals surface area contributed by atoms with Crippen LogP contribution in [0.1, 0.15) is 49.8 Å². The Bertz CT molecular complexity index is 459. The topological polar surface area (TPSA) is 55.1 Å². The van der Waals surface area contributed by atoms with E-state index in [-0.39, 0.29) is 17.9 Å². The maximum Gasteiger partial charge on any atom is 0.232 e. The lowest BCUT2D eigenvalue weighted by molar-refractivity contribution is -0.117. The highest BCUT2D eigenvalue weighted by atomic mass is 79.9. The monoisotopic (exact) mass is 296 g/mol. The standard InChI is InChI=1S/C13H17BrN2O/c1-3-8-9-5-7(14)6-10(11(15)4-2)12(9)16-13(8)17/h5-6,8,11H,3-4,15H2,1-2H3,(H,16,17). The number of carbonyl (C=O) groups is 1. The zero-order valence-corrected chi connectivity index (χ0v) is 11.7. The van der Waals surface area contributed by atoms with Crippen LogP contribution in [0.2, 0.25) is 0 Å². The molecule has 0 bridgehead atoms. The first-order valence-electron chi connectivity index (χ1n) is 5.98. The predicted molar refractivity (Wildman–Crippen MR) is 73.0 cm³/mol. The van der Waals surface area contributed by atoms with E-state index >= 15 is 0 Å². The van der Waals surface area contributed by atoms with Gasteiger partial charge < -0.3 is 11.1 Å². The minimum absolute atomic E-state index is 0.0304. The second-order valence-electron chi connectivity index (χ2n) is 4.42. The number of rotatable bonds is 3. The van der Waals surface area contributed by atoms with Crippen LogP contribution in [-0.4, -0.2) is 5.91 Å². The van der Waals surface area contributed by atoms with E-state index < -0.39 is 0 Å². The van der Waals surface area contributed by atoms with Crippen LogP contribution in [0.25, 0.3) is 0 Å². The van der Waals surface area contributed by atoms with Crippen molar-refractivity contribution in [2.24, 2.45) is 5.73 Å². The SMILES string of the molecule is CCC(N)c1cc(Br)cc2c1NC(=O)C2CC. The van der Waals surface area contributed by atoms with Crippen molar-refractivity contribution < 1.29 is 4.79 Å². The van der Waals surface area contributed by atoms with E-state index in [4.69, 9.17) is 5.73 Å². The van der Waals surface area contributed by atoms with Gasteiger partial charge in [0.15, 0.2) is 0 Å². The van der Waals surface area contributed by atoms with Gasteiger partial charge >= 0.3 is 0 Å². The van der Waals surface area contributed by atoms with Gasteiger partial charge in [-0.3, -0.25) is 4.79 Å². The van der Waals surface area contributed by atoms with Gasteiger partial charge in [0.25, 0.3) is 0 Å². The fourth-order valence-corrected chi connectivity index (χ4v) is 2.83. The molecule has 2 rings (SSSR count). The maximum atomic E-state index is 11.9. The molecule has 2 unspecified atom stereocenters. The molecule has 0 saturated heterocycles. The summed E-state index contributed by atoms with van der Waals surface area (Å²) < 4.78 is 0.991. The molecule has 0 aliphatic carbocycles. The Morgan fingerprint density at radius 2 is 2.18 bits per heavy atom. The van der Waals surface area contributed by atoms with E-state index in [9.17, 15) is 4.79 Å². The highest BCUT2D eigenvalue weighted by Gasteiger charge is 2.32. The van der Waals surface area contributed by atoms with E-state index in [1.165, 1.54) is 0 Å². The average Bonchev–Trinajstić information content (AvgIpc) is 2.62. The van der Waals surface area contributed by atoms with Crippen LogP contribution in [0, 0.1) is 0 Å². The van der Waals surface area contributed by atoms with Crippen LogP contribution in [0.5, 0.6) is 0 Å². The van der Waals surface area contributed by atoms with Crippen molar-refractivity contribution in [1.29, 1.82) is 0 Å². The molecule has 1 aliphatic rings. The van der Waals surface area contributed by atoms with E-state index in [2.05, 4.69) is 21.2 Å². The molecule has 0 fully saturated rings. The van der Waals surface area contributed by atoms with Crippen molar-refractivity contribution in [1.82, 2.24) is 0 Å². The Morgan fingerprint density at radius 3 is 2.76 bits per heavy atom. The number of hydrogen-bond acceptors (Lipinski definition) is 2. The molecule has 4 heteroatoms. The van der Waals surface area contributed by atoms with E-state index in [0.29, 0.717) is 0 Å². The van der Waals surface area contributed by atoms with Crippen molar-refractivity contribution in [3.63, 3.8) is 0 Å². The molecule has 1 aromatic rings. The first-order chi connectivity index (χ1) is 8.08. The fourth-order valence-electron chi connectivity index (χ4n) is 2.34. The van der Waals surface area contributed by atoms with Crippen LogP contribution < -0.4 is 11.1 Å². The van der Waals surface area contributed by atoms with Crippen LogP contribution in [0.4, 0.5) is 5.69 Å². The van der Waals surface area contributed by atoms with Gasteiger partial charge in [0.1, 0.15) is 0 Å². The lowest BCUT2D eigenvalue weighted by atomic mass is 9.94. The number of nitrogens with two attached hydrogens (primary N) is 1. The molecular weight excluding hydrogens is 280 g/mol. The molecule has 1 heterocycles. The second-order valence-corrected chi connectivity index (χ2v) is 5.34. The Balaban J connectivity index is 2.55. The van der Waals surface area contributed by atoms with Gasteiger partial charge in [-0.2, -0.15) is 0 Å². The minimum Gasteiger partial charge on any atom is -0.325 e. The number of amides is 1. The molecule has 0 aromatic heterocycles. The molecule has 92 valence electrons. The summed E-state index contributed by atoms with van der Waals surface area (Å²) in [5.41, 5.74) is 9.13. The summed E-state index contributed by atoms with van der Waals surface area (Å²) in [5.74, 6) is 0.0514. The summed E-state index contributed by atoms with van der Waals surface area (Å²) in [4.78, 5) is 11.9. The van der Waals surface area contributed by atoms with Crippen molar-refractivity contribution in [2.75, 3.05) is 5.32 Å². The summed E-state index contributed by atoms with van der Waals surface area (Å²) in [6.07, 6.45) is 1.67. The minimum atomic E-state index is -0.0368. The Labute approximate surface area is 110 Å². The van der Waals surface area contributed by atoms with Gasteiger partial charge in [-0.25, -0.2) is 0 Å². The Hall–Kier alpha value is -0.870. The van der Waals surface area contributed by atoms with Gasteiger partial charge in [-0.1, -0.05) is 29.8 Å². The van der Waals surface area contributed by atoms with E-state index in [1.54, 1.807) is 0 Å². The van der Waals surface area contributed by atoms with Gasteiger partial charge in [-0.05, 0) is 36.1 Å². The summed E-state index contributed by atoms with van der Waals surface area (Å²) in [5, 5.41) is 2.97. The van der Waals surface area contributed by atoms with Crippen molar-refractivity contribution in [2.45, 2.75) is 38.6 Å². The molecule has 0 saturated carbocycles. The van der Waals surface area contributed by atoms with Crippen molar-refractivity contribution >= 4 is 27.5 Å². The third-order valence-corrected chi connectivity index (χ3v) is 3.81. The van der Waals surface area contributed by atoms with E-state index in [1.807, 2.05) is 26.0 Å². The molecule has 0 spiro atoms. The summed E-state index contributed by atoms with van der Waals surface area (Å²) >= 11 is 3.50. The normalized spacial score (nSPS) is 20.0. The molecule has 1 amide bonds. The molecule has 1 aromatic carbocycles. The molecule has 1 aliphatic heterocycles. The average molecular weight is 297 g/mol. The van der Waals surface area contributed by atoms with Crippen LogP contribution >= 0.6 is 15.9 Å². The molecule has 2 atom stereocenters. The smallest absolute Gasteiger partial charge is 0.232 e. The number of hydrogen-bond donors (Lipinski definition) is 2. The van der Waals surface area contributed by atoms with Gasteiger partial charge in [0.2, 0.25) is 5.91 Å². The molecule has 0 radical (unpaired) electrons. The van der Waals surface area contributed by atoms with Crippen molar-refractivity contribution in [3.05, 3.63) is 27.7 Å². The van der Waals surface area contributed by atoms with Crippen LogP contribution in [-0.2, 0) is 4.79 Å². The number of fused-ring (bicyclic) bond motifs is 1. The largest absolute Gasteiger partial charge is 0.325 e. The number of carbonyl (C=O) groups excluding carboxylic acids is 1. The van der Waals surface area contributed by atoms with Crippen LogP contribution in [0.3, 0.4) is 0 Å². The molecule has 17 heavy (non-hydrogen) atoms. The van der Waals surface area contributed by atoms with Crippen molar-refractivity contribution in [3.8, 4) is 0 Å². The molecule has 3 N–H and O–H groups in total. The number of nitrogens with one attached hydrogen (secondary N) is 1. The fraction of sp³-hybridized carbons (Fsp3) is 0.462. The Kier molecular flexibility index (Phi) is 3.54. The summed E-state index contributed by atoms with van der Waals surface area (Å²) in [6, 6.07) is 4.00. The quantitative estimate of drug-likeness (QED) is 0.899. The highest BCUT2D eigenvalue weighted by Crippen LogP contribution is 2.41. The lowest BCUT2D eigenvalue weighted by Crippen LogP contribution is -2.13. The zero-order chi connectivity index (χ0) is 12.6. The second kappa shape index (κ2) is 4.78. The number of halogens is 1. The number of anilines is 1. The first-order valence-corrected chi connectivity index (χ1v) is 6.77. The van der Waals surface area contributed by atoms with Crippen LogP contribution in [0.15, 0.2) is 16.6 Å².